The van der Waals surface area contributed by atoms with Crippen LogP contribution < -0.4 is 10.2 Å². The molecule has 1 N–H and O–H groups in total. The number of aryl methyl sites for hydroxylation is 2. The average Bonchev–Trinajstić information content (AvgIpc) is 2.99. The fourth-order valence-corrected chi connectivity index (χ4v) is 3.84. The van der Waals surface area contributed by atoms with Crippen molar-refractivity contribution in [2.45, 2.75) is 52.7 Å². The molecule has 3 rings (SSSR count). The largest absolute Gasteiger partial charge is 0.342 e. The molecule has 0 radical (unpaired) electrons. The Morgan fingerprint density at radius 2 is 1.97 bits per heavy atom. The Labute approximate surface area is 189 Å². The summed E-state index contributed by atoms with van der Waals surface area (Å²) in [5.74, 6) is -0.0134. The Morgan fingerprint density at radius 1 is 1.19 bits per heavy atom. The zero-order chi connectivity index (χ0) is 23.1. The normalized spacial score (nSPS) is 13.3. The number of hydrogen-bond donors (Lipinski definition) is 1. The van der Waals surface area contributed by atoms with Crippen molar-refractivity contribution in [1.29, 1.82) is 0 Å². The molecule has 1 aliphatic rings. The summed E-state index contributed by atoms with van der Waals surface area (Å²) in [5.41, 5.74) is 4.62. The number of carbonyl (C=O) groups excluding carboxylic acids is 3. The number of urea groups is 1. The molecule has 0 atom stereocenters. The molecule has 0 unspecified atom stereocenters. The van der Waals surface area contributed by atoms with Crippen LogP contribution in [0.5, 0.6) is 0 Å². The molecule has 2 aromatic carbocycles. The van der Waals surface area contributed by atoms with Gasteiger partial charge < -0.3 is 15.0 Å². The molecule has 0 spiro atoms. The van der Waals surface area contributed by atoms with E-state index in [1.165, 1.54) is 5.56 Å². The summed E-state index contributed by atoms with van der Waals surface area (Å²) in [6.45, 7) is 6.31. The first-order valence-electron chi connectivity index (χ1n) is 11.1. The summed E-state index contributed by atoms with van der Waals surface area (Å²) in [6.07, 6.45) is 3.42. The predicted molar refractivity (Wildman–Crippen MR) is 123 cm³/mol. The first-order chi connectivity index (χ1) is 15.4. The SMILES string of the molecule is Cc1cc(C(=O)N2CCCCc3ccccc32)ccc1CNC(=O)N(CC=O)OC(C)C. The molecule has 2 aromatic rings. The van der Waals surface area contributed by atoms with Crippen molar-refractivity contribution in [2.24, 2.45) is 0 Å². The first kappa shape index (κ1) is 23.5. The molecule has 3 amide bonds. The fraction of sp³-hybridized carbons (Fsp3) is 0.400. The number of amides is 3. The van der Waals surface area contributed by atoms with E-state index in [1.807, 2.05) is 42.2 Å². The zero-order valence-electron chi connectivity index (χ0n) is 19.0. The van der Waals surface area contributed by atoms with Crippen LogP contribution >= 0.6 is 0 Å². The third-order valence-electron chi connectivity index (χ3n) is 5.43. The molecular formula is C25H31N3O4. The van der Waals surface area contributed by atoms with Gasteiger partial charge in [0.1, 0.15) is 12.8 Å². The van der Waals surface area contributed by atoms with Gasteiger partial charge >= 0.3 is 6.03 Å². The van der Waals surface area contributed by atoms with Gasteiger partial charge in [0.25, 0.3) is 5.91 Å². The van der Waals surface area contributed by atoms with E-state index < -0.39 is 6.03 Å². The molecule has 170 valence electrons. The van der Waals surface area contributed by atoms with E-state index in [9.17, 15) is 14.4 Å². The minimum Gasteiger partial charge on any atom is -0.332 e. The Bertz CT molecular complexity index is 973. The van der Waals surface area contributed by atoms with Gasteiger partial charge in [-0.2, -0.15) is 5.06 Å². The fourth-order valence-electron chi connectivity index (χ4n) is 3.84. The Hall–Kier alpha value is -3.19. The van der Waals surface area contributed by atoms with E-state index in [4.69, 9.17) is 4.84 Å². The number of nitrogens with one attached hydrogen (secondary N) is 1. The number of nitrogens with zero attached hydrogens (tertiary/aromatic N) is 2. The smallest absolute Gasteiger partial charge is 0.332 e. The van der Waals surface area contributed by atoms with E-state index in [0.717, 1.165) is 41.1 Å². The first-order valence-corrected chi connectivity index (χ1v) is 11.1. The number of para-hydroxylation sites is 1. The van der Waals surface area contributed by atoms with Crippen LogP contribution in [-0.2, 0) is 22.6 Å². The molecule has 0 bridgehead atoms. The third-order valence-corrected chi connectivity index (χ3v) is 5.43. The maximum Gasteiger partial charge on any atom is 0.342 e. The van der Waals surface area contributed by atoms with Crippen LogP contribution in [0.15, 0.2) is 42.5 Å². The molecule has 7 heteroatoms. The minimum absolute atomic E-state index is 0.0134. The van der Waals surface area contributed by atoms with Crippen molar-refractivity contribution in [3.05, 3.63) is 64.7 Å². The molecule has 1 aliphatic heterocycles. The number of hydroxylamine groups is 2. The summed E-state index contributed by atoms with van der Waals surface area (Å²) in [5, 5.41) is 3.79. The molecule has 7 nitrogen and oxygen atoms in total. The molecular weight excluding hydrogens is 406 g/mol. The number of hydrogen-bond acceptors (Lipinski definition) is 4. The van der Waals surface area contributed by atoms with Crippen LogP contribution in [0.25, 0.3) is 0 Å². The summed E-state index contributed by atoms with van der Waals surface area (Å²) in [7, 11) is 0. The zero-order valence-corrected chi connectivity index (χ0v) is 19.0. The molecule has 0 aromatic heterocycles. The van der Waals surface area contributed by atoms with Crippen LogP contribution in [0.3, 0.4) is 0 Å². The third kappa shape index (κ3) is 5.73. The second kappa shape index (κ2) is 10.9. The molecule has 0 fully saturated rings. The van der Waals surface area contributed by atoms with Crippen molar-refractivity contribution >= 4 is 23.9 Å². The van der Waals surface area contributed by atoms with E-state index in [2.05, 4.69) is 11.4 Å². The number of fused-ring (bicyclic) bond motifs is 1. The van der Waals surface area contributed by atoms with Crippen molar-refractivity contribution in [1.82, 2.24) is 10.4 Å². The molecule has 1 heterocycles. The lowest BCUT2D eigenvalue weighted by atomic mass is 10.0. The van der Waals surface area contributed by atoms with E-state index in [0.29, 0.717) is 18.4 Å². The van der Waals surface area contributed by atoms with Gasteiger partial charge in [0.05, 0.1) is 6.10 Å². The average molecular weight is 438 g/mol. The second-order valence-corrected chi connectivity index (χ2v) is 8.22. The minimum atomic E-state index is -0.480. The van der Waals surface area contributed by atoms with E-state index in [1.54, 1.807) is 19.9 Å². The van der Waals surface area contributed by atoms with Crippen molar-refractivity contribution in [3.8, 4) is 0 Å². The Kier molecular flexibility index (Phi) is 8.00. The van der Waals surface area contributed by atoms with E-state index >= 15 is 0 Å². The van der Waals surface area contributed by atoms with Crippen molar-refractivity contribution in [2.75, 3.05) is 18.0 Å². The number of benzene rings is 2. The van der Waals surface area contributed by atoms with Crippen molar-refractivity contribution < 1.29 is 19.2 Å². The van der Waals surface area contributed by atoms with Gasteiger partial charge in [-0.1, -0.05) is 24.3 Å². The number of aldehydes is 1. The maximum absolute atomic E-state index is 13.3. The molecule has 0 saturated carbocycles. The predicted octanol–water partition coefficient (Wildman–Crippen LogP) is 4.03. The van der Waals surface area contributed by atoms with Gasteiger partial charge in [-0.25, -0.2) is 4.79 Å². The molecule has 0 saturated heterocycles. The second-order valence-electron chi connectivity index (χ2n) is 8.22. The summed E-state index contributed by atoms with van der Waals surface area (Å²) >= 11 is 0. The van der Waals surface area contributed by atoms with Crippen LogP contribution in [0, 0.1) is 6.92 Å². The quantitative estimate of drug-likeness (QED) is 0.524. The highest BCUT2D eigenvalue weighted by molar-refractivity contribution is 6.06. The van der Waals surface area contributed by atoms with Crippen LogP contribution in [-0.4, -0.2) is 42.5 Å². The van der Waals surface area contributed by atoms with Crippen LogP contribution in [0.1, 0.15) is 53.7 Å². The van der Waals surface area contributed by atoms with Gasteiger partial charge in [0, 0.05) is 24.3 Å². The topological polar surface area (TPSA) is 79.0 Å². The Balaban J connectivity index is 1.70. The van der Waals surface area contributed by atoms with Crippen molar-refractivity contribution in [3.63, 3.8) is 0 Å². The number of carbonyl (C=O) groups is 3. The van der Waals surface area contributed by atoms with Gasteiger partial charge in [-0.15, -0.1) is 0 Å². The van der Waals surface area contributed by atoms with Gasteiger partial charge in [0.2, 0.25) is 0 Å². The van der Waals surface area contributed by atoms with Crippen LogP contribution in [0.2, 0.25) is 0 Å². The number of rotatable bonds is 7. The lowest BCUT2D eigenvalue weighted by Gasteiger charge is -2.24. The van der Waals surface area contributed by atoms with Gasteiger partial charge in [-0.3, -0.25) is 9.63 Å². The highest BCUT2D eigenvalue weighted by Gasteiger charge is 2.22. The summed E-state index contributed by atoms with van der Waals surface area (Å²) < 4.78 is 0. The number of anilines is 1. The van der Waals surface area contributed by atoms with Gasteiger partial charge in [0.15, 0.2) is 0 Å². The lowest BCUT2D eigenvalue weighted by Crippen LogP contribution is -2.42. The highest BCUT2D eigenvalue weighted by Crippen LogP contribution is 2.28. The molecule has 32 heavy (non-hydrogen) atoms. The molecule has 0 aliphatic carbocycles. The standard InChI is InChI=1S/C25H31N3O4/c1-18(2)32-28(14-15-29)25(31)26-17-22-12-11-21(16-19(22)3)24(30)27-13-7-6-9-20-8-4-5-10-23(20)27/h4-5,8,10-12,15-16,18H,6-7,9,13-14,17H2,1-3H3,(H,26,31). The summed E-state index contributed by atoms with van der Waals surface area (Å²) in [4.78, 5) is 43.7. The van der Waals surface area contributed by atoms with Gasteiger partial charge in [-0.05, 0) is 74.9 Å². The maximum atomic E-state index is 13.3. The highest BCUT2D eigenvalue weighted by atomic mass is 16.7. The summed E-state index contributed by atoms with van der Waals surface area (Å²) in [6, 6.07) is 13.1. The lowest BCUT2D eigenvalue weighted by molar-refractivity contribution is -0.152. The van der Waals surface area contributed by atoms with E-state index in [-0.39, 0.29) is 25.1 Å². The van der Waals surface area contributed by atoms with Crippen LogP contribution in [0.4, 0.5) is 10.5 Å². The Morgan fingerprint density at radius 3 is 2.69 bits per heavy atom. The monoisotopic (exact) mass is 437 g/mol.